The van der Waals surface area contributed by atoms with Crippen molar-refractivity contribution in [2.75, 3.05) is 43.5 Å². The molecule has 0 radical (unpaired) electrons. The van der Waals surface area contributed by atoms with E-state index in [1.165, 1.54) is 0 Å². The summed E-state index contributed by atoms with van der Waals surface area (Å²) in [6.07, 6.45) is -4.08. The Morgan fingerprint density at radius 3 is 2.45 bits per heavy atom. The zero-order chi connectivity index (χ0) is 35.0. The lowest BCUT2D eigenvalue weighted by Crippen LogP contribution is -2.45. The maximum absolute atomic E-state index is 13.5. The molecule has 4 aliphatic rings. The van der Waals surface area contributed by atoms with Crippen LogP contribution in [0.1, 0.15) is 46.5 Å². The topological polar surface area (TPSA) is 131 Å². The molecule has 15 heteroatoms. The van der Waals surface area contributed by atoms with Gasteiger partial charge in [0.05, 0.1) is 11.6 Å². The number of benzene rings is 3. The van der Waals surface area contributed by atoms with Crippen molar-refractivity contribution in [2.24, 2.45) is 5.41 Å². The van der Waals surface area contributed by atoms with Crippen LogP contribution in [0.4, 0.5) is 30.8 Å². The maximum Gasteiger partial charge on any atom is 0.422 e. The second kappa shape index (κ2) is 15.4. The molecule has 0 atom stereocenters. The van der Waals surface area contributed by atoms with Gasteiger partial charge in [0.2, 0.25) is 11.9 Å². The molecule has 258 valence electrons. The molecule has 49 heavy (non-hydrogen) atoms. The Balaban J connectivity index is 1.40. The van der Waals surface area contributed by atoms with E-state index >= 15 is 0 Å². The fraction of sp³-hybridized carbons (Fsp3) is 0.324. The normalized spacial score (nSPS) is 15.6. The Bertz CT molecular complexity index is 1760. The third kappa shape index (κ3) is 10.4. The molecule has 0 fully saturated rings. The molecule has 4 aliphatic heterocycles. The highest BCUT2D eigenvalue weighted by molar-refractivity contribution is 6.32. The summed E-state index contributed by atoms with van der Waals surface area (Å²) in [7, 11) is 0. The summed E-state index contributed by atoms with van der Waals surface area (Å²) in [5.41, 5.74) is 1.62. The predicted octanol–water partition coefficient (Wildman–Crippen LogP) is 6.50. The molecule has 4 aromatic rings. The molecule has 2 amide bonds. The average Bonchev–Trinajstić information content (AvgIpc) is 3.07. The fourth-order valence-electron chi connectivity index (χ4n) is 4.94. The Morgan fingerprint density at radius 2 is 1.73 bits per heavy atom. The van der Waals surface area contributed by atoms with E-state index in [0.29, 0.717) is 47.1 Å². The Kier molecular flexibility index (Phi) is 11.1. The number of amides is 2. The molecule has 1 aromatic heterocycles. The summed E-state index contributed by atoms with van der Waals surface area (Å²) in [6.45, 7) is 3.86. The van der Waals surface area contributed by atoms with Crippen LogP contribution in [0.2, 0.25) is 5.02 Å². The molecule has 3 aromatic carbocycles. The first-order valence-electron chi connectivity index (χ1n) is 15.4. The monoisotopic (exact) mass is 697 g/mol. The van der Waals surface area contributed by atoms with Crippen LogP contribution in [0, 0.1) is 5.41 Å². The first-order chi connectivity index (χ1) is 23.3. The van der Waals surface area contributed by atoms with Gasteiger partial charge in [0.1, 0.15) is 5.75 Å². The third-order valence-corrected chi connectivity index (χ3v) is 7.61. The number of alkyl halides is 3. The molecule has 0 unspecified atom stereocenters. The van der Waals surface area contributed by atoms with Crippen LogP contribution in [-0.4, -0.2) is 70.7 Å². The number of ether oxygens (including phenoxy) is 2. The largest absolute Gasteiger partial charge is 0.492 e. The van der Waals surface area contributed by atoms with Gasteiger partial charge in [-0.25, -0.2) is 0 Å². The van der Waals surface area contributed by atoms with Crippen LogP contribution < -0.4 is 25.4 Å². The van der Waals surface area contributed by atoms with Crippen LogP contribution in [0.15, 0.2) is 72.8 Å². The minimum Gasteiger partial charge on any atom is -0.492 e. The first kappa shape index (κ1) is 35.2. The van der Waals surface area contributed by atoms with Crippen molar-refractivity contribution in [1.82, 2.24) is 25.2 Å². The second-order valence-electron chi connectivity index (χ2n) is 12.1. The van der Waals surface area contributed by atoms with Crippen molar-refractivity contribution in [2.45, 2.75) is 33.0 Å². The van der Waals surface area contributed by atoms with E-state index in [0.717, 1.165) is 5.56 Å². The van der Waals surface area contributed by atoms with E-state index in [2.05, 4.69) is 30.9 Å². The zero-order valence-corrected chi connectivity index (χ0v) is 27.6. The Labute approximate surface area is 286 Å². The van der Waals surface area contributed by atoms with Crippen molar-refractivity contribution in [3.05, 3.63) is 94.5 Å². The highest BCUT2D eigenvalue weighted by atomic mass is 35.5. The lowest BCUT2D eigenvalue weighted by atomic mass is 9.92. The molecule has 0 spiro atoms. The molecular formula is C34H35ClF3N7O4. The molecule has 0 saturated heterocycles. The second-order valence-corrected chi connectivity index (χ2v) is 12.5. The summed E-state index contributed by atoms with van der Waals surface area (Å²) >= 11 is 6.52. The number of nitrogens with zero attached hydrogens (tertiary/aromatic N) is 4. The lowest BCUT2D eigenvalue weighted by molar-refractivity contribution is -0.154. The molecule has 11 nitrogen and oxygen atoms in total. The molecular weight excluding hydrogens is 663 g/mol. The molecule has 6 bridgehead atoms. The first-order valence-corrected chi connectivity index (χ1v) is 15.8. The molecule has 0 aliphatic carbocycles. The third-order valence-electron chi connectivity index (χ3n) is 7.31. The number of carbonyl (C=O) groups excluding carboxylic acids is 2. The summed E-state index contributed by atoms with van der Waals surface area (Å²) in [5, 5.41) is 9.17. The van der Waals surface area contributed by atoms with Crippen molar-refractivity contribution < 1.29 is 32.2 Å². The number of aromatic nitrogens is 3. The van der Waals surface area contributed by atoms with E-state index in [9.17, 15) is 22.8 Å². The maximum atomic E-state index is 13.5. The van der Waals surface area contributed by atoms with Gasteiger partial charge in [-0.3, -0.25) is 9.59 Å². The minimum atomic E-state index is -4.60. The van der Waals surface area contributed by atoms with Gasteiger partial charge < -0.3 is 30.3 Å². The number of anilines is 3. The molecule has 5 heterocycles. The van der Waals surface area contributed by atoms with Gasteiger partial charge in [0, 0.05) is 43.0 Å². The number of nitrogens with one attached hydrogen (secondary N) is 3. The van der Waals surface area contributed by atoms with Gasteiger partial charge in [-0.2, -0.15) is 28.1 Å². The summed E-state index contributed by atoms with van der Waals surface area (Å²) < 4.78 is 49.3. The van der Waals surface area contributed by atoms with E-state index in [4.69, 9.17) is 21.1 Å². The van der Waals surface area contributed by atoms with Crippen LogP contribution in [0.5, 0.6) is 11.8 Å². The van der Waals surface area contributed by atoms with Crippen LogP contribution >= 0.6 is 11.6 Å². The number of carbonyl (C=O) groups is 2. The smallest absolute Gasteiger partial charge is 0.422 e. The van der Waals surface area contributed by atoms with E-state index < -0.39 is 24.2 Å². The van der Waals surface area contributed by atoms with Gasteiger partial charge in [-0.05, 0) is 65.9 Å². The van der Waals surface area contributed by atoms with E-state index in [1.807, 2.05) is 32.0 Å². The van der Waals surface area contributed by atoms with Crippen molar-refractivity contribution >= 4 is 41.0 Å². The number of halogens is 4. The predicted molar refractivity (Wildman–Crippen MR) is 178 cm³/mol. The van der Waals surface area contributed by atoms with Gasteiger partial charge in [0.25, 0.3) is 11.8 Å². The number of rotatable bonds is 3. The molecule has 0 saturated carbocycles. The highest BCUT2D eigenvalue weighted by Gasteiger charge is 2.29. The van der Waals surface area contributed by atoms with Crippen LogP contribution in [0.25, 0.3) is 0 Å². The van der Waals surface area contributed by atoms with Crippen molar-refractivity contribution in [3.63, 3.8) is 0 Å². The van der Waals surface area contributed by atoms with Crippen molar-refractivity contribution in [3.8, 4) is 11.8 Å². The molecule has 3 N–H and O–H groups in total. The SMILES string of the molecule is CC1(C)CNC(=O)c2ccc(cc2)Nc2nc(nc(OCC(F)(F)F)n2)NCc2ccc(c(Cl)c2)OCCCN(C(=O)c2ccccc2)C1. The van der Waals surface area contributed by atoms with Crippen molar-refractivity contribution in [1.29, 1.82) is 0 Å². The number of hydrogen-bond acceptors (Lipinski definition) is 9. The summed E-state index contributed by atoms with van der Waals surface area (Å²) in [6, 6.07) is 20.0. The lowest BCUT2D eigenvalue weighted by Gasteiger charge is -2.33. The van der Waals surface area contributed by atoms with Gasteiger partial charge in [0.15, 0.2) is 6.61 Å². The highest BCUT2D eigenvalue weighted by Crippen LogP contribution is 2.27. The van der Waals surface area contributed by atoms with Crippen LogP contribution in [-0.2, 0) is 6.54 Å². The van der Waals surface area contributed by atoms with Gasteiger partial charge in [-0.1, -0.05) is 49.7 Å². The molecule has 8 rings (SSSR count). The van der Waals surface area contributed by atoms with Crippen LogP contribution in [0.3, 0.4) is 0 Å². The quantitative estimate of drug-likeness (QED) is 0.220. The fourth-order valence-corrected chi connectivity index (χ4v) is 5.19. The van der Waals surface area contributed by atoms with Gasteiger partial charge >= 0.3 is 12.2 Å². The zero-order valence-electron chi connectivity index (χ0n) is 26.8. The van der Waals surface area contributed by atoms with Gasteiger partial charge in [-0.15, -0.1) is 0 Å². The Hall–Kier alpha value is -5.11. The number of hydrogen-bond donors (Lipinski definition) is 3. The van der Waals surface area contributed by atoms with E-state index in [-0.39, 0.29) is 43.4 Å². The summed E-state index contributed by atoms with van der Waals surface area (Å²) in [4.78, 5) is 40.6. The minimum absolute atomic E-state index is 0.0474. The Morgan fingerprint density at radius 1 is 1.00 bits per heavy atom. The standard InChI is InChI=1S/C34H35ClF3N7O4/c1-33(2)19-40-28(46)23-10-12-25(13-11-23)41-31-42-30(43-32(44-31)49-21-34(36,37)38)39-18-22-9-14-27(26(35)17-22)48-16-6-15-45(20-33)29(47)24-7-4-3-5-8-24/h3-5,7-14,17H,6,15-16,18-21H2,1-2H3,(H,40,46)(H2,39,41,42,43,44). The van der Waals surface area contributed by atoms with E-state index in [1.54, 1.807) is 59.5 Å². The summed E-state index contributed by atoms with van der Waals surface area (Å²) in [5.74, 6) is -0.125. The average molecular weight is 698 g/mol.